The van der Waals surface area contributed by atoms with E-state index in [0.29, 0.717) is 6.42 Å². The minimum absolute atomic E-state index is 0.192. The highest BCUT2D eigenvalue weighted by atomic mass is 35.5. The highest BCUT2D eigenvalue weighted by molar-refractivity contribution is 6.31. The molecule has 0 saturated heterocycles. The maximum absolute atomic E-state index is 6.27. The second kappa shape index (κ2) is 4.89. The Morgan fingerprint density at radius 1 is 1.59 bits per heavy atom. The first-order valence-corrected chi connectivity index (χ1v) is 5.96. The van der Waals surface area contributed by atoms with Crippen LogP contribution in [0.25, 0.3) is 0 Å². The van der Waals surface area contributed by atoms with Crippen molar-refractivity contribution in [1.29, 1.82) is 0 Å². The molecule has 0 aliphatic rings. The lowest BCUT2D eigenvalue weighted by molar-refractivity contribution is 0.618. The van der Waals surface area contributed by atoms with Crippen molar-refractivity contribution in [2.75, 3.05) is 0 Å². The third kappa shape index (κ3) is 2.35. The minimum atomic E-state index is -0.192. The fourth-order valence-electron chi connectivity index (χ4n) is 1.83. The molecule has 2 aromatic heterocycles. The number of nitrogens with two attached hydrogens (primary N) is 1. The van der Waals surface area contributed by atoms with E-state index in [-0.39, 0.29) is 6.04 Å². The Bertz CT molecular complexity index is 488. The van der Waals surface area contributed by atoms with E-state index >= 15 is 0 Å². The van der Waals surface area contributed by atoms with Gasteiger partial charge in [-0.1, -0.05) is 18.5 Å². The summed E-state index contributed by atoms with van der Waals surface area (Å²) in [6.07, 6.45) is 4.90. The number of hydrogen-bond donors (Lipinski definition) is 2. The van der Waals surface area contributed by atoms with Gasteiger partial charge in [0.05, 0.1) is 22.5 Å². The van der Waals surface area contributed by atoms with Gasteiger partial charge in [-0.05, 0) is 6.42 Å². The van der Waals surface area contributed by atoms with Crippen molar-refractivity contribution in [2.45, 2.75) is 25.8 Å². The zero-order valence-electron chi connectivity index (χ0n) is 9.94. The van der Waals surface area contributed by atoms with Gasteiger partial charge in [0.25, 0.3) is 0 Å². The van der Waals surface area contributed by atoms with E-state index in [2.05, 4.69) is 15.1 Å². The summed E-state index contributed by atoms with van der Waals surface area (Å²) in [5.74, 6) is 0.764. The second-order valence-electron chi connectivity index (χ2n) is 3.97. The maximum atomic E-state index is 6.27. The quantitative estimate of drug-likeness (QED) is 0.869. The molecular formula is C11H16ClN5. The summed E-state index contributed by atoms with van der Waals surface area (Å²) in [7, 11) is 1.88. The number of halogens is 1. The van der Waals surface area contributed by atoms with Crippen LogP contribution < -0.4 is 5.73 Å². The van der Waals surface area contributed by atoms with Gasteiger partial charge in [-0.25, -0.2) is 4.98 Å². The van der Waals surface area contributed by atoms with Gasteiger partial charge in [0.1, 0.15) is 5.82 Å². The van der Waals surface area contributed by atoms with Crippen molar-refractivity contribution in [3.05, 3.63) is 34.6 Å². The summed E-state index contributed by atoms with van der Waals surface area (Å²) >= 11 is 6.27. The van der Waals surface area contributed by atoms with E-state index in [0.717, 1.165) is 28.7 Å². The predicted octanol–water partition coefficient (Wildman–Crippen LogP) is 1.60. The smallest absolute Gasteiger partial charge is 0.123 e. The third-order valence-corrected chi connectivity index (χ3v) is 3.22. The molecule has 0 aliphatic carbocycles. The van der Waals surface area contributed by atoms with E-state index in [1.807, 2.05) is 14.0 Å². The summed E-state index contributed by atoms with van der Waals surface area (Å²) < 4.78 is 1.80. The van der Waals surface area contributed by atoms with Crippen LogP contribution >= 0.6 is 11.6 Å². The van der Waals surface area contributed by atoms with Crippen molar-refractivity contribution in [3.63, 3.8) is 0 Å². The molecule has 0 amide bonds. The van der Waals surface area contributed by atoms with E-state index in [9.17, 15) is 0 Å². The Balaban J connectivity index is 2.21. The molecule has 0 bridgehead atoms. The first kappa shape index (κ1) is 12.1. The van der Waals surface area contributed by atoms with E-state index in [1.165, 1.54) is 0 Å². The number of H-pyrrole nitrogens is 1. The van der Waals surface area contributed by atoms with Gasteiger partial charge in [0, 0.05) is 25.9 Å². The zero-order valence-corrected chi connectivity index (χ0v) is 10.7. The molecule has 1 atom stereocenters. The lowest BCUT2D eigenvalue weighted by Crippen LogP contribution is -2.17. The van der Waals surface area contributed by atoms with Crippen LogP contribution in [0, 0.1) is 0 Å². The molecule has 0 spiro atoms. The molecule has 1 unspecified atom stereocenters. The predicted molar refractivity (Wildman–Crippen MR) is 66.8 cm³/mol. The number of nitrogens with one attached hydrogen (secondary N) is 1. The molecule has 0 aromatic carbocycles. The van der Waals surface area contributed by atoms with Crippen LogP contribution in [-0.2, 0) is 19.9 Å². The van der Waals surface area contributed by atoms with Gasteiger partial charge in [-0.2, -0.15) is 5.10 Å². The topological polar surface area (TPSA) is 72.5 Å². The van der Waals surface area contributed by atoms with Crippen molar-refractivity contribution in [2.24, 2.45) is 12.8 Å². The van der Waals surface area contributed by atoms with Gasteiger partial charge in [-0.15, -0.1) is 0 Å². The number of rotatable bonds is 4. The van der Waals surface area contributed by atoms with E-state index in [4.69, 9.17) is 17.3 Å². The zero-order chi connectivity index (χ0) is 12.4. The van der Waals surface area contributed by atoms with Crippen LogP contribution in [-0.4, -0.2) is 19.7 Å². The highest BCUT2D eigenvalue weighted by Crippen LogP contribution is 2.24. The second-order valence-corrected chi connectivity index (χ2v) is 4.35. The summed E-state index contributed by atoms with van der Waals surface area (Å²) in [6, 6.07) is -0.192. The Morgan fingerprint density at radius 2 is 2.35 bits per heavy atom. The molecular weight excluding hydrogens is 238 g/mol. The molecule has 6 heteroatoms. The normalized spacial score (nSPS) is 12.9. The lowest BCUT2D eigenvalue weighted by atomic mass is 10.1. The number of hydrogen-bond acceptors (Lipinski definition) is 3. The Kier molecular flexibility index (Phi) is 3.49. The molecule has 92 valence electrons. The summed E-state index contributed by atoms with van der Waals surface area (Å²) in [5, 5.41) is 5.08. The van der Waals surface area contributed by atoms with Gasteiger partial charge in [0.15, 0.2) is 0 Å². The van der Waals surface area contributed by atoms with Crippen molar-refractivity contribution in [1.82, 2.24) is 19.7 Å². The van der Waals surface area contributed by atoms with E-state index in [1.54, 1.807) is 17.1 Å². The summed E-state index contributed by atoms with van der Waals surface area (Å²) in [6.45, 7) is 2.03. The largest absolute Gasteiger partial charge is 0.347 e. The number of aromatic amines is 1. The number of nitrogens with zero attached hydrogens (tertiary/aromatic N) is 3. The highest BCUT2D eigenvalue weighted by Gasteiger charge is 2.17. The SMILES string of the molecule is CCc1nn(C)c(CC(N)c2ncc[nH]2)c1Cl. The molecule has 17 heavy (non-hydrogen) atoms. The van der Waals surface area contributed by atoms with Crippen LogP contribution in [0.2, 0.25) is 5.02 Å². The first-order valence-electron chi connectivity index (χ1n) is 5.58. The van der Waals surface area contributed by atoms with Crippen LogP contribution in [0.3, 0.4) is 0 Å². The molecule has 0 radical (unpaired) electrons. The van der Waals surface area contributed by atoms with Gasteiger partial charge < -0.3 is 10.7 Å². The van der Waals surface area contributed by atoms with Crippen LogP contribution in [0.15, 0.2) is 12.4 Å². The average molecular weight is 254 g/mol. The molecule has 2 rings (SSSR count). The van der Waals surface area contributed by atoms with Gasteiger partial charge in [0.2, 0.25) is 0 Å². The van der Waals surface area contributed by atoms with Crippen LogP contribution in [0.4, 0.5) is 0 Å². The van der Waals surface area contributed by atoms with Crippen molar-refractivity contribution in [3.8, 4) is 0 Å². The Labute approximate surface area is 105 Å². The fourth-order valence-corrected chi connectivity index (χ4v) is 2.20. The monoisotopic (exact) mass is 253 g/mol. The lowest BCUT2D eigenvalue weighted by Gasteiger charge is -2.09. The number of imidazole rings is 1. The maximum Gasteiger partial charge on any atom is 0.123 e. The molecule has 0 saturated carbocycles. The van der Waals surface area contributed by atoms with Gasteiger partial charge >= 0.3 is 0 Å². The molecule has 2 aromatic rings. The molecule has 2 heterocycles. The van der Waals surface area contributed by atoms with Crippen molar-refractivity contribution < 1.29 is 0 Å². The Morgan fingerprint density at radius 3 is 2.88 bits per heavy atom. The minimum Gasteiger partial charge on any atom is -0.347 e. The Hall–Kier alpha value is -1.33. The number of aryl methyl sites for hydroxylation is 2. The molecule has 3 N–H and O–H groups in total. The molecule has 0 aliphatic heterocycles. The fraction of sp³-hybridized carbons (Fsp3) is 0.455. The van der Waals surface area contributed by atoms with Gasteiger partial charge in [-0.3, -0.25) is 4.68 Å². The van der Waals surface area contributed by atoms with Crippen LogP contribution in [0.1, 0.15) is 30.2 Å². The van der Waals surface area contributed by atoms with Crippen LogP contribution in [0.5, 0.6) is 0 Å². The average Bonchev–Trinajstić information content (AvgIpc) is 2.92. The molecule has 5 nitrogen and oxygen atoms in total. The first-order chi connectivity index (χ1) is 8.13. The summed E-state index contributed by atoms with van der Waals surface area (Å²) in [5.41, 5.74) is 7.93. The summed E-state index contributed by atoms with van der Waals surface area (Å²) in [4.78, 5) is 7.15. The van der Waals surface area contributed by atoms with E-state index < -0.39 is 0 Å². The third-order valence-electron chi connectivity index (χ3n) is 2.79. The molecule has 0 fully saturated rings. The van der Waals surface area contributed by atoms with Crippen molar-refractivity contribution >= 4 is 11.6 Å². The standard InChI is InChI=1S/C11H16ClN5/c1-3-8-10(12)9(17(2)16-8)6-7(13)11-14-4-5-15-11/h4-5,7H,3,6,13H2,1-2H3,(H,14,15). The number of aromatic nitrogens is 4.